The van der Waals surface area contributed by atoms with Crippen molar-refractivity contribution >= 4 is 5.57 Å². The maximum atomic E-state index is 13.6. The van der Waals surface area contributed by atoms with Crippen LogP contribution in [-0.4, -0.2) is 0 Å². The van der Waals surface area contributed by atoms with Crippen LogP contribution in [0.4, 0.5) is 17.6 Å². The van der Waals surface area contributed by atoms with E-state index >= 15 is 0 Å². The molecule has 0 spiro atoms. The highest BCUT2D eigenvalue weighted by Gasteiger charge is 2.35. The maximum Gasteiger partial charge on any atom is 0.419 e. The standard InChI is InChI=1S/C29H42F4/c1-2-3-4-5-6-7-8-9-10-22-11-13-23(14-12-22)24-15-17-25(18-16-24)26-19-20-28(30)27(21-26)29(31,32)33/h17,19-24H,2-16,18H2,1H3. The van der Waals surface area contributed by atoms with E-state index in [1.807, 2.05) is 0 Å². The van der Waals surface area contributed by atoms with Crippen LogP contribution in [0.25, 0.3) is 5.57 Å². The predicted molar refractivity (Wildman–Crippen MR) is 129 cm³/mol. The van der Waals surface area contributed by atoms with Gasteiger partial charge in [-0.1, -0.05) is 89.7 Å². The Morgan fingerprint density at radius 3 is 2.09 bits per heavy atom. The molecule has 0 aliphatic heterocycles. The van der Waals surface area contributed by atoms with E-state index in [0.717, 1.165) is 48.8 Å². The van der Waals surface area contributed by atoms with E-state index in [1.54, 1.807) is 0 Å². The maximum absolute atomic E-state index is 13.6. The lowest BCUT2D eigenvalue weighted by Crippen LogP contribution is -2.23. The number of alkyl halides is 3. The minimum Gasteiger partial charge on any atom is -0.206 e. The molecule has 2 aliphatic carbocycles. The molecular weight excluding hydrogens is 424 g/mol. The first kappa shape index (κ1) is 26.3. The minimum absolute atomic E-state index is 0.524. The monoisotopic (exact) mass is 466 g/mol. The summed E-state index contributed by atoms with van der Waals surface area (Å²) in [5.74, 6) is 1.12. The molecule has 1 aromatic rings. The van der Waals surface area contributed by atoms with Crippen molar-refractivity contribution in [3.8, 4) is 0 Å². The van der Waals surface area contributed by atoms with Crippen LogP contribution in [0.2, 0.25) is 0 Å². The van der Waals surface area contributed by atoms with Gasteiger partial charge < -0.3 is 0 Å². The van der Waals surface area contributed by atoms with E-state index in [2.05, 4.69) is 13.0 Å². The van der Waals surface area contributed by atoms with E-state index < -0.39 is 17.6 Å². The molecule has 0 aromatic heterocycles. The third-order valence-electron chi connectivity index (χ3n) is 8.12. The first-order chi connectivity index (χ1) is 15.9. The Labute approximate surface area is 198 Å². The van der Waals surface area contributed by atoms with Crippen LogP contribution in [0.3, 0.4) is 0 Å². The Hall–Kier alpha value is -1.32. The summed E-state index contributed by atoms with van der Waals surface area (Å²) in [7, 11) is 0. The van der Waals surface area contributed by atoms with Crippen molar-refractivity contribution in [2.45, 2.75) is 116 Å². The molecule has 0 radical (unpaired) electrons. The fourth-order valence-corrected chi connectivity index (χ4v) is 6.00. The molecule has 1 aromatic carbocycles. The number of rotatable bonds is 11. The summed E-state index contributed by atoms with van der Waals surface area (Å²) in [5.41, 5.74) is 0.314. The average Bonchev–Trinajstić information content (AvgIpc) is 2.81. The quantitative estimate of drug-likeness (QED) is 0.225. The van der Waals surface area contributed by atoms with Gasteiger partial charge in [-0.15, -0.1) is 0 Å². The Morgan fingerprint density at radius 1 is 0.818 bits per heavy atom. The van der Waals surface area contributed by atoms with Crippen LogP contribution in [0.5, 0.6) is 0 Å². The summed E-state index contributed by atoms with van der Waals surface area (Å²) in [6.45, 7) is 2.26. The van der Waals surface area contributed by atoms with Crippen LogP contribution in [0.1, 0.15) is 121 Å². The molecule has 0 heterocycles. The lowest BCUT2D eigenvalue weighted by molar-refractivity contribution is -0.140. The molecule has 4 heteroatoms. The minimum atomic E-state index is -4.65. The average molecular weight is 467 g/mol. The molecule has 3 rings (SSSR count). The molecule has 0 bridgehead atoms. The van der Waals surface area contributed by atoms with Crippen LogP contribution in [-0.2, 0) is 6.18 Å². The van der Waals surface area contributed by atoms with Gasteiger partial charge in [0.25, 0.3) is 0 Å². The zero-order chi connectivity index (χ0) is 23.7. The van der Waals surface area contributed by atoms with Crippen molar-refractivity contribution in [3.63, 3.8) is 0 Å². The summed E-state index contributed by atoms with van der Waals surface area (Å²) in [6, 6.07) is 3.43. The van der Waals surface area contributed by atoms with Gasteiger partial charge in [-0.2, -0.15) is 13.2 Å². The fourth-order valence-electron chi connectivity index (χ4n) is 6.00. The van der Waals surface area contributed by atoms with Gasteiger partial charge in [-0.05, 0) is 73.1 Å². The largest absolute Gasteiger partial charge is 0.419 e. The zero-order valence-electron chi connectivity index (χ0n) is 20.4. The lowest BCUT2D eigenvalue weighted by Gasteiger charge is -2.35. The van der Waals surface area contributed by atoms with Gasteiger partial charge in [0.1, 0.15) is 5.82 Å². The Bertz CT molecular complexity index is 740. The molecule has 1 fully saturated rings. The van der Waals surface area contributed by atoms with Gasteiger partial charge in [-0.3, -0.25) is 0 Å². The molecule has 1 atom stereocenters. The summed E-state index contributed by atoms with van der Waals surface area (Å²) < 4.78 is 52.7. The van der Waals surface area contributed by atoms with Gasteiger partial charge in [0, 0.05) is 0 Å². The molecule has 186 valence electrons. The highest BCUT2D eigenvalue weighted by Crippen LogP contribution is 2.43. The molecule has 0 amide bonds. The number of hydrogen-bond donors (Lipinski definition) is 0. The van der Waals surface area contributed by atoms with Gasteiger partial charge in [0.2, 0.25) is 0 Å². The zero-order valence-corrected chi connectivity index (χ0v) is 20.4. The fraction of sp³-hybridized carbons (Fsp3) is 0.724. The molecule has 0 nitrogen and oxygen atoms in total. The smallest absolute Gasteiger partial charge is 0.206 e. The van der Waals surface area contributed by atoms with Gasteiger partial charge in [0.05, 0.1) is 5.56 Å². The van der Waals surface area contributed by atoms with Gasteiger partial charge in [-0.25, -0.2) is 4.39 Å². The number of halogens is 4. The van der Waals surface area contributed by atoms with E-state index in [-0.39, 0.29) is 0 Å². The van der Waals surface area contributed by atoms with Crippen LogP contribution >= 0.6 is 0 Å². The molecule has 1 unspecified atom stereocenters. The molecular formula is C29H42F4. The van der Waals surface area contributed by atoms with Crippen molar-refractivity contribution in [3.05, 3.63) is 41.2 Å². The number of benzene rings is 1. The third-order valence-corrected chi connectivity index (χ3v) is 8.12. The Balaban J connectivity index is 1.37. The Kier molecular flexibility index (Phi) is 10.3. The molecule has 0 N–H and O–H groups in total. The molecule has 33 heavy (non-hydrogen) atoms. The van der Waals surface area contributed by atoms with E-state index in [4.69, 9.17) is 0 Å². The molecule has 0 saturated heterocycles. The van der Waals surface area contributed by atoms with Gasteiger partial charge >= 0.3 is 6.18 Å². The highest BCUT2D eigenvalue weighted by molar-refractivity contribution is 5.67. The highest BCUT2D eigenvalue weighted by atomic mass is 19.4. The van der Waals surface area contributed by atoms with Crippen LogP contribution in [0, 0.1) is 23.6 Å². The first-order valence-corrected chi connectivity index (χ1v) is 13.4. The summed E-state index contributed by atoms with van der Waals surface area (Å²) in [4.78, 5) is 0. The first-order valence-electron chi connectivity index (χ1n) is 13.4. The summed E-state index contributed by atoms with van der Waals surface area (Å²) in [5, 5.41) is 0. The van der Waals surface area contributed by atoms with Crippen molar-refractivity contribution in [1.29, 1.82) is 0 Å². The van der Waals surface area contributed by atoms with Crippen molar-refractivity contribution < 1.29 is 17.6 Å². The van der Waals surface area contributed by atoms with E-state index in [1.165, 1.54) is 89.5 Å². The second-order valence-electron chi connectivity index (χ2n) is 10.5. The summed E-state index contributed by atoms with van der Waals surface area (Å²) in [6.07, 6.45) is 18.0. The second-order valence-corrected chi connectivity index (χ2v) is 10.5. The third kappa shape index (κ3) is 8.14. The molecule has 1 saturated carbocycles. The predicted octanol–water partition coefficient (Wildman–Crippen LogP) is 10.4. The lowest BCUT2D eigenvalue weighted by atomic mass is 9.70. The van der Waals surface area contributed by atoms with Crippen molar-refractivity contribution in [2.75, 3.05) is 0 Å². The van der Waals surface area contributed by atoms with Crippen LogP contribution in [0.15, 0.2) is 24.3 Å². The van der Waals surface area contributed by atoms with Crippen molar-refractivity contribution in [2.24, 2.45) is 17.8 Å². The molecule has 2 aliphatic rings. The topological polar surface area (TPSA) is 0 Å². The van der Waals surface area contributed by atoms with E-state index in [0.29, 0.717) is 11.5 Å². The Morgan fingerprint density at radius 2 is 1.48 bits per heavy atom. The number of allylic oxidation sites excluding steroid dienone is 2. The summed E-state index contributed by atoms with van der Waals surface area (Å²) >= 11 is 0. The SMILES string of the molecule is CCCCCCCCCCC1CCC(C2CC=C(c3ccc(F)c(C(F)(F)F)c3)CC2)CC1. The number of unbranched alkanes of at least 4 members (excludes halogenated alkanes) is 7. The van der Waals surface area contributed by atoms with Crippen LogP contribution < -0.4 is 0 Å². The second kappa shape index (κ2) is 13.0. The van der Waals surface area contributed by atoms with Gasteiger partial charge in [0.15, 0.2) is 0 Å². The normalized spacial score (nSPS) is 24.0. The van der Waals surface area contributed by atoms with E-state index in [9.17, 15) is 17.6 Å². The number of hydrogen-bond acceptors (Lipinski definition) is 0. The van der Waals surface area contributed by atoms with Crippen molar-refractivity contribution in [1.82, 2.24) is 0 Å².